The van der Waals surface area contributed by atoms with Gasteiger partial charge in [0.2, 0.25) is 0 Å². The van der Waals surface area contributed by atoms with E-state index >= 15 is 0 Å². The Morgan fingerprint density at radius 3 is 2.22 bits per heavy atom. The number of carbonyl (C=O) groups is 2. The van der Waals surface area contributed by atoms with E-state index in [1.54, 1.807) is 13.8 Å². The molecule has 6 nitrogen and oxygen atoms in total. The minimum absolute atomic E-state index is 0. The van der Waals surface area contributed by atoms with Gasteiger partial charge in [-0.2, -0.15) is 0 Å². The molecular formula is C12H21N3O3. The molecule has 0 aliphatic carbocycles. The van der Waals surface area contributed by atoms with Crippen LogP contribution in [0.1, 0.15) is 34.6 Å². The zero-order valence-electron chi connectivity index (χ0n) is 11.5. The first kappa shape index (κ1) is 16.3. The Labute approximate surface area is 107 Å². The molecule has 1 aliphatic rings. The molecule has 6 heteroatoms. The van der Waals surface area contributed by atoms with Gasteiger partial charge >= 0.3 is 5.97 Å². The summed E-state index contributed by atoms with van der Waals surface area (Å²) in [6, 6.07) is 0. The third-order valence-corrected chi connectivity index (χ3v) is 3.40. The molecule has 1 amide bonds. The van der Waals surface area contributed by atoms with Crippen LogP contribution in [0.5, 0.6) is 0 Å². The van der Waals surface area contributed by atoms with Gasteiger partial charge in [0, 0.05) is 11.1 Å². The zero-order chi connectivity index (χ0) is 13.4. The predicted octanol–water partition coefficient (Wildman–Crippen LogP) is 1.51. The molecule has 0 spiro atoms. The van der Waals surface area contributed by atoms with Gasteiger partial charge in [-0.25, -0.2) is 4.79 Å². The van der Waals surface area contributed by atoms with Gasteiger partial charge in [-0.15, -0.1) is 0 Å². The smallest absolute Gasteiger partial charge is 0.331 e. The number of nitrogens with one attached hydrogen (secondary N) is 1. The van der Waals surface area contributed by atoms with Crippen LogP contribution in [0.15, 0.2) is 16.1 Å². The molecule has 1 rings (SSSR count). The van der Waals surface area contributed by atoms with Gasteiger partial charge in [0.15, 0.2) is 0 Å². The fraction of sp³-hybridized carbons (Fsp3) is 0.583. The second-order valence-corrected chi connectivity index (χ2v) is 4.77. The first-order valence-corrected chi connectivity index (χ1v) is 5.52. The summed E-state index contributed by atoms with van der Waals surface area (Å²) < 4.78 is 0. The number of carboxylic acids is 1. The van der Waals surface area contributed by atoms with Crippen molar-refractivity contribution in [2.75, 3.05) is 0 Å². The lowest BCUT2D eigenvalue weighted by Crippen LogP contribution is -2.41. The summed E-state index contributed by atoms with van der Waals surface area (Å²) in [7, 11) is 0. The summed E-state index contributed by atoms with van der Waals surface area (Å²) in [5, 5.41) is 11.5. The Hall–Kier alpha value is -1.69. The van der Waals surface area contributed by atoms with Crippen molar-refractivity contribution in [2.45, 2.75) is 40.2 Å². The SMILES string of the molecule is CC(C(=O)O)=C(C)C1=NC(C)(C(C)C)C(=O)N1.N. The number of carboxylic acid groups (broad SMARTS) is 1. The fourth-order valence-electron chi connectivity index (χ4n) is 1.45. The fourth-order valence-corrected chi connectivity index (χ4v) is 1.45. The van der Waals surface area contributed by atoms with E-state index < -0.39 is 11.5 Å². The molecule has 1 aliphatic heterocycles. The average molecular weight is 255 g/mol. The van der Waals surface area contributed by atoms with Crippen molar-refractivity contribution in [3.05, 3.63) is 11.1 Å². The Morgan fingerprint density at radius 1 is 1.39 bits per heavy atom. The van der Waals surface area contributed by atoms with Gasteiger partial charge < -0.3 is 16.6 Å². The van der Waals surface area contributed by atoms with Crippen LogP contribution in [-0.4, -0.2) is 28.4 Å². The summed E-state index contributed by atoms with van der Waals surface area (Å²) in [5.74, 6) is -0.762. The molecule has 0 fully saturated rings. The first-order chi connectivity index (χ1) is 7.70. The highest BCUT2D eigenvalue weighted by Gasteiger charge is 2.42. The number of hydrogen-bond acceptors (Lipinski definition) is 4. The van der Waals surface area contributed by atoms with Crippen LogP contribution in [0.4, 0.5) is 0 Å². The van der Waals surface area contributed by atoms with Crippen molar-refractivity contribution in [3.8, 4) is 0 Å². The highest BCUT2D eigenvalue weighted by atomic mass is 16.4. The van der Waals surface area contributed by atoms with Crippen LogP contribution in [-0.2, 0) is 9.59 Å². The van der Waals surface area contributed by atoms with Gasteiger partial charge in [-0.05, 0) is 26.7 Å². The second kappa shape index (κ2) is 5.30. The number of carbonyl (C=O) groups excluding carboxylic acids is 1. The minimum atomic E-state index is -1.00. The van der Waals surface area contributed by atoms with E-state index in [9.17, 15) is 9.59 Å². The van der Waals surface area contributed by atoms with Crippen LogP contribution >= 0.6 is 0 Å². The highest BCUT2D eigenvalue weighted by molar-refractivity contribution is 6.16. The van der Waals surface area contributed by atoms with Gasteiger partial charge in [-0.3, -0.25) is 9.79 Å². The maximum Gasteiger partial charge on any atom is 0.331 e. The van der Waals surface area contributed by atoms with Crippen LogP contribution in [0.2, 0.25) is 0 Å². The lowest BCUT2D eigenvalue weighted by Gasteiger charge is -2.21. The summed E-state index contributed by atoms with van der Waals surface area (Å²) in [6.45, 7) is 8.72. The number of hydrogen-bond donors (Lipinski definition) is 3. The van der Waals surface area contributed by atoms with E-state index in [2.05, 4.69) is 10.3 Å². The topological polar surface area (TPSA) is 114 Å². The quantitative estimate of drug-likeness (QED) is 0.663. The molecule has 18 heavy (non-hydrogen) atoms. The summed E-state index contributed by atoms with van der Waals surface area (Å²) in [5.41, 5.74) is -0.123. The first-order valence-electron chi connectivity index (χ1n) is 5.52. The molecule has 0 bridgehead atoms. The van der Waals surface area contributed by atoms with Gasteiger partial charge in [0.05, 0.1) is 0 Å². The van der Waals surface area contributed by atoms with Crippen molar-refractivity contribution in [1.82, 2.24) is 11.5 Å². The lowest BCUT2D eigenvalue weighted by atomic mass is 9.89. The molecule has 1 unspecified atom stereocenters. The second-order valence-electron chi connectivity index (χ2n) is 4.77. The standard InChI is InChI=1S/C12H18N2O3.H3N/c1-6(2)12(5)11(17)13-9(14-12)7(3)8(4)10(15)16;/h6H,1-5H3,(H,15,16)(H,13,14,17);1H3. The largest absolute Gasteiger partial charge is 0.478 e. The van der Waals surface area contributed by atoms with Gasteiger partial charge in [-0.1, -0.05) is 13.8 Å². The Bertz CT molecular complexity index is 438. The van der Waals surface area contributed by atoms with Gasteiger partial charge in [0.1, 0.15) is 11.4 Å². The maximum atomic E-state index is 11.8. The van der Waals surface area contributed by atoms with Crippen molar-refractivity contribution >= 4 is 17.7 Å². The summed E-state index contributed by atoms with van der Waals surface area (Å²) in [4.78, 5) is 27.0. The minimum Gasteiger partial charge on any atom is -0.478 e. The Balaban J connectivity index is 0.00000289. The molecule has 0 aromatic rings. The molecule has 1 atom stereocenters. The van der Waals surface area contributed by atoms with Crippen LogP contribution in [0, 0.1) is 5.92 Å². The molecule has 0 aromatic carbocycles. The van der Waals surface area contributed by atoms with Crippen molar-refractivity contribution in [3.63, 3.8) is 0 Å². The van der Waals surface area contributed by atoms with Crippen LogP contribution in [0.3, 0.4) is 0 Å². The number of amides is 1. The number of nitrogens with zero attached hydrogens (tertiary/aromatic N) is 1. The highest BCUT2D eigenvalue weighted by Crippen LogP contribution is 2.27. The molecule has 0 aromatic heterocycles. The number of aliphatic imine (C=N–C) groups is 1. The zero-order valence-corrected chi connectivity index (χ0v) is 11.5. The lowest BCUT2D eigenvalue weighted by molar-refractivity contribution is -0.132. The van der Waals surface area contributed by atoms with Crippen molar-refractivity contribution in [1.29, 1.82) is 0 Å². The van der Waals surface area contributed by atoms with Gasteiger partial charge in [0.25, 0.3) is 5.91 Å². The molecule has 102 valence electrons. The summed E-state index contributed by atoms with van der Waals surface area (Å²) >= 11 is 0. The normalized spacial score (nSPS) is 24.1. The Kier molecular flexibility index (Phi) is 4.81. The predicted molar refractivity (Wildman–Crippen MR) is 69.9 cm³/mol. The van der Waals surface area contributed by atoms with Crippen molar-refractivity contribution in [2.24, 2.45) is 10.9 Å². The molecule has 0 saturated heterocycles. The monoisotopic (exact) mass is 255 g/mol. The molecular weight excluding hydrogens is 234 g/mol. The molecule has 5 N–H and O–H groups in total. The van der Waals surface area contributed by atoms with E-state index in [0.29, 0.717) is 11.4 Å². The number of amidine groups is 1. The van der Waals surface area contributed by atoms with Crippen molar-refractivity contribution < 1.29 is 14.7 Å². The number of rotatable bonds is 3. The molecule has 1 heterocycles. The van der Waals surface area contributed by atoms with Crippen LogP contribution in [0.25, 0.3) is 0 Å². The maximum absolute atomic E-state index is 11.8. The average Bonchev–Trinajstić information content (AvgIpc) is 2.54. The van der Waals surface area contributed by atoms with Crippen LogP contribution < -0.4 is 11.5 Å². The van der Waals surface area contributed by atoms with E-state index in [4.69, 9.17) is 5.11 Å². The Morgan fingerprint density at radius 2 is 1.89 bits per heavy atom. The van der Waals surface area contributed by atoms with E-state index in [0.717, 1.165) is 0 Å². The van der Waals surface area contributed by atoms with E-state index in [1.165, 1.54) is 6.92 Å². The number of aliphatic carboxylic acids is 1. The third kappa shape index (κ3) is 2.59. The van der Waals surface area contributed by atoms with E-state index in [-0.39, 0.29) is 23.5 Å². The summed E-state index contributed by atoms with van der Waals surface area (Å²) in [6.07, 6.45) is 0. The molecule has 0 saturated carbocycles. The third-order valence-electron chi connectivity index (χ3n) is 3.40. The van der Waals surface area contributed by atoms with E-state index in [1.807, 2.05) is 13.8 Å². The molecule has 0 radical (unpaired) electrons.